The van der Waals surface area contributed by atoms with Gasteiger partial charge in [-0.25, -0.2) is 0 Å². The molecule has 0 aliphatic rings. The van der Waals surface area contributed by atoms with Crippen LogP contribution < -0.4 is 5.73 Å². The number of hydrogen-bond donors (Lipinski definition) is 2. The third kappa shape index (κ3) is 3.82. The highest BCUT2D eigenvalue weighted by atomic mass is 16.5. The number of carboxylic acids is 1. The molecule has 0 saturated heterocycles. The van der Waals surface area contributed by atoms with Gasteiger partial charge in [0.05, 0.1) is 13.0 Å². The fraction of sp³-hybridized carbons (Fsp3) is 0.500. The second-order valence-electron chi connectivity index (χ2n) is 4.41. The van der Waals surface area contributed by atoms with E-state index in [0.717, 1.165) is 17.5 Å². The largest absolute Gasteiger partial charge is 0.481 e. The molecule has 4 nitrogen and oxygen atoms in total. The zero-order valence-corrected chi connectivity index (χ0v) is 10.9. The molecule has 4 heteroatoms. The Bertz CT molecular complexity index is 392. The highest BCUT2D eigenvalue weighted by Gasteiger charge is 2.23. The monoisotopic (exact) mass is 251 g/mol. The van der Waals surface area contributed by atoms with Gasteiger partial charge >= 0.3 is 5.97 Å². The average Bonchev–Trinajstić information content (AvgIpc) is 2.36. The maximum atomic E-state index is 11.0. The summed E-state index contributed by atoms with van der Waals surface area (Å²) in [5.41, 5.74) is 8.05. The van der Waals surface area contributed by atoms with E-state index in [1.165, 1.54) is 0 Å². The SMILES string of the molecule is CCC(N)C(CC(=O)O)c1ccccc1COC. The van der Waals surface area contributed by atoms with E-state index in [2.05, 4.69) is 0 Å². The van der Waals surface area contributed by atoms with Crippen LogP contribution in [0.2, 0.25) is 0 Å². The number of carbonyl (C=O) groups is 1. The van der Waals surface area contributed by atoms with E-state index in [1.54, 1.807) is 7.11 Å². The van der Waals surface area contributed by atoms with Crippen LogP contribution in [0.3, 0.4) is 0 Å². The Morgan fingerprint density at radius 1 is 1.44 bits per heavy atom. The van der Waals surface area contributed by atoms with E-state index in [9.17, 15) is 4.79 Å². The number of ether oxygens (including phenoxy) is 1. The van der Waals surface area contributed by atoms with Crippen molar-refractivity contribution >= 4 is 5.97 Å². The average molecular weight is 251 g/mol. The highest BCUT2D eigenvalue weighted by molar-refractivity contribution is 5.68. The van der Waals surface area contributed by atoms with Crippen molar-refractivity contribution in [3.8, 4) is 0 Å². The summed E-state index contributed by atoms with van der Waals surface area (Å²) < 4.78 is 5.15. The molecule has 1 aromatic carbocycles. The van der Waals surface area contributed by atoms with E-state index < -0.39 is 5.97 Å². The van der Waals surface area contributed by atoms with Crippen LogP contribution >= 0.6 is 0 Å². The molecule has 100 valence electrons. The van der Waals surface area contributed by atoms with E-state index in [0.29, 0.717) is 6.61 Å². The van der Waals surface area contributed by atoms with Crippen molar-refractivity contribution in [1.82, 2.24) is 0 Å². The predicted octanol–water partition coefficient (Wildman–Crippen LogP) is 2.13. The van der Waals surface area contributed by atoms with Gasteiger partial charge in [0, 0.05) is 19.1 Å². The first-order valence-corrected chi connectivity index (χ1v) is 6.14. The summed E-state index contributed by atoms with van der Waals surface area (Å²) >= 11 is 0. The van der Waals surface area contributed by atoms with Crippen molar-refractivity contribution in [1.29, 1.82) is 0 Å². The number of methoxy groups -OCH3 is 1. The van der Waals surface area contributed by atoms with Gasteiger partial charge in [-0.2, -0.15) is 0 Å². The van der Waals surface area contributed by atoms with E-state index in [4.69, 9.17) is 15.6 Å². The molecule has 0 aliphatic carbocycles. The Morgan fingerprint density at radius 3 is 2.67 bits per heavy atom. The maximum Gasteiger partial charge on any atom is 0.304 e. The number of nitrogens with two attached hydrogens (primary N) is 1. The first kappa shape index (κ1) is 14.7. The van der Waals surface area contributed by atoms with Crippen LogP contribution in [0.1, 0.15) is 36.8 Å². The van der Waals surface area contributed by atoms with Gasteiger partial charge in [-0.15, -0.1) is 0 Å². The maximum absolute atomic E-state index is 11.0. The van der Waals surface area contributed by atoms with Crippen LogP contribution in [-0.4, -0.2) is 24.2 Å². The third-order valence-corrected chi connectivity index (χ3v) is 3.14. The summed E-state index contributed by atoms with van der Waals surface area (Å²) in [6, 6.07) is 7.57. The van der Waals surface area contributed by atoms with Gasteiger partial charge in [0.25, 0.3) is 0 Å². The molecule has 3 N–H and O–H groups in total. The molecular formula is C14H21NO3. The summed E-state index contributed by atoms with van der Waals surface area (Å²) in [5, 5.41) is 9.02. The van der Waals surface area contributed by atoms with Crippen molar-refractivity contribution in [2.24, 2.45) is 5.73 Å². The Hall–Kier alpha value is -1.39. The molecule has 0 aromatic heterocycles. The van der Waals surface area contributed by atoms with Gasteiger partial charge in [-0.1, -0.05) is 31.2 Å². The first-order valence-electron chi connectivity index (χ1n) is 6.14. The molecular weight excluding hydrogens is 230 g/mol. The van der Waals surface area contributed by atoms with E-state index in [-0.39, 0.29) is 18.4 Å². The van der Waals surface area contributed by atoms with Crippen molar-refractivity contribution in [3.63, 3.8) is 0 Å². The number of rotatable bonds is 7. The molecule has 2 atom stereocenters. The van der Waals surface area contributed by atoms with Gasteiger partial charge in [0.15, 0.2) is 0 Å². The quantitative estimate of drug-likeness (QED) is 0.778. The van der Waals surface area contributed by atoms with Gasteiger partial charge in [0.2, 0.25) is 0 Å². The first-order chi connectivity index (χ1) is 8.60. The molecule has 0 heterocycles. The summed E-state index contributed by atoms with van der Waals surface area (Å²) in [6.07, 6.45) is 0.801. The molecule has 2 unspecified atom stereocenters. The Labute approximate surface area is 108 Å². The molecule has 0 spiro atoms. The van der Waals surface area contributed by atoms with Crippen LogP contribution in [0, 0.1) is 0 Å². The normalized spacial score (nSPS) is 14.2. The minimum absolute atomic E-state index is 0.0513. The number of carboxylic acid groups (broad SMARTS) is 1. The van der Waals surface area contributed by atoms with Gasteiger partial charge in [-0.05, 0) is 17.5 Å². The number of aliphatic carboxylic acids is 1. The van der Waals surface area contributed by atoms with Crippen LogP contribution in [0.25, 0.3) is 0 Å². The summed E-state index contributed by atoms with van der Waals surface area (Å²) in [7, 11) is 1.63. The van der Waals surface area contributed by atoms with E-state index >= 15 is 0 Å². The van der Waals surface area contributed by atoms with Crippen molar-refractivity contribution < 1.29 is 14.6 Å². The second kappa shape index (κ2) is 7.13. The molecule has 0 radical (unpaired) electrons. The molecule has 1 rings (SSSR count). The number of hydrogen-bond acceptors (Lipinski definition) is 3. The molecule has 0 aliphatic heterocycles. The standard InChI is InChI=1S/C14H21NO3/c1-3-13(15)12(8-14(16)17)11-7-5-4-6-10(11)9-18-2/h4-7,12-13H,3,8-9,15H2,1-2H3,(H,16,17). The minimum Gasteiger partial charge on any atom is -0.481 e. The fourth-order valence-corrected chi connectivity index (χ4v) is 2.15. The lowest BCUT2D eigenvalue weighted by Crippen LogP contribution is -2.30. The van der Waals surface area contributed by atoms with Crippen molar-refractivity contribution in [2.45, 2.75) is 38.3 Å². The number of benzene rings is 1. The molecule has 1 aromatic rings. The lowest BCUT2D eigenvalue weighted by molar-refractivity contribution is -0.137. The molecule has 0 amide bonds. The van der Waals surface area contributed by atoms with Gasteiger partial charge < -0.3 is 15.6 Å². The zero-order valence-electron chi connectivity index (χ0n) is 10.9. The molecule has 0 fully saturated rings. The molecule has 18 heavy (non-hydrogen) atoms. The smallest absolute Gasteiger partial charge is 0.304 e. The summed E-state index contributed by atoms with van der Waals surface area (Å²) in [5.74, 6) is -0.991. The van der Waals surface area contributed by atoms with Crippen LogP contribution in [0.15, 0.2) is 24.3 Å². The third-order valence-electron chi connectivity index (χ3n) is 3.14. The predicted molar refractivity (Wildman–Crippen MR) is 70.4 cm³/mol. The van der Waals surface area contributed by atoms with Crippen LogP contribution in [0.5, 0.6) is 0 Å². The van der Waals surface area contributed by atoms with Gasteiger partial charge in [-0.3, -0.25) is 4.79 Å². The Morgan fingerprint density at radius 2 is 2.11 bits per heavy atom. The second-order valence-corrected chi connectivity index (χ2v) is 4.41. The van der Waals surface area contributed by atoms with Crippen LogP contribution in [-0.2, 0) is 16.1 Å². The Kier molecular flexibility index (Phi) is 5.82. The van der Waals surface area contributed by atoms with Gasteiger partial charge in [0.1, 0.15) is 0 Å². The van der Waals surface area contributed by atoms with Crippen molar-refractivity contribution in [3.05, 3.63) is 35.4 Å². The Balaban J connectivity index is 3.07. The molecule has 0 bridgehead atoms. The highest BCUT2D eigenvalue weighted by Crippen LogP contribution is 2.27. The summed E-state index contributed by atoms with van der Waals surface area (Å²) in [6.45, 7) is 2.45. The lowest BCUT2D eigenvalue weighted by Gasteiger charge is -2.24. The topological polar surface area (TPSA) is 72.6 Å². The lowest BCUT2D eigenvalue weighted by atomic mass is 9.85. The van der Waals surface area contributed by atoms with E-state index in [1.807, 2.05) is 31.2 Å². The summed E-state index contributed by atoms with van der Waals surface area (Å²) in [4.78, 5) is 11.0. The molecule has 0 saturated carbocycles. The van der Waals surface area contributed by atoms with Crippen molar-refractivity contribution in [2.75, 3.05) is 7.11 Å². The van der Waals surface area contributed by atoms with Crippen LogP contribution in [0.4, 0.5) is 0 Å². The minimum atomic E-state index is -0.823. The fourth-order valence-electron chi connectivity index (χ4n) is 2.15. The zero-order chi connectivity index (χ0) is 13.5.